The smallest absolute Gasteiger partial charge is 0.230 e. The van der Waals surface area contributed by atoms with Gasteiger partial charge in [0.2, 0.25) is 5.91 Å². The fraction of sp³-hybridized carbons (Fsp3) is 0.412. The molecule has 1 fully saturated rings. The van der Waals surface area contributed by atoms with Crippen molar-refractivity contribution in [2.75, 3.05) is 5.75 Å². The third-order valence-corrected chi connectivity index (χ3v) is 4.69. The molecule has 0 saturated heterocycles. The molecule has 1 amide bonds. The molecule has 0 bridgehead atoms. The van der Waals surface area contributed by atoms with Gasteiger partial charge in [-0.15, -0.1) is 0 Å². The lowest BCUT2D eigenvalue weighted by atomic mass is 10.0. The molecule has 3 rings (SSSR count). The Hall–Kier alpha value is -1.75. The topological polar surface area (TPSA) is 46.9 Å². The quantitative estimate of drug-likeness (QED) is 0.831. The van der Waals surface area contributed by atoms with Crippen molar-refractivity contribution >= 4 is 17.7 Å². The van der Waals surface area contributed by atoms with Gasteiger partial charge in [-0.05, 0) is 36.5 Å². The average molecular weight is 315 g/mol. The predicted octanol–water partition coefficient (Wildman–Crippen LogP) is 3.37. The van der Waals surface area contributed by atoms with Crippen molar-refractivity contribution in [1.82, 2.24) is 14.9 Å². The van der Waals surface area contributed by atoms with Gasteiger partial charge in [0.15, 0.2) is 5.16 Å². The number of imidazole rings is 1. The monoisotopic (exact) mass is 315 g/mol. The Morgan fingerprint density at radius 2 is 2.09 bits per heavy atom. The van der Waals surface area contributed by atoms with Crippen LogP contribution in [0.4, 0.5) is 0 Å². The highest BCUT2D eigenvalue weighted by Gasteiger charge is 2.23. The first kappa shape index (κ1) is 15.2. The number of nitrogens with zero attached hydrogens (tertiary/aromatic N) is 2. The van der Waals surface area contributed by atoms with Crippen molar-refractivity contribution in [3.05, 3.63) is 42.2 Å². The van der Waals surface area contributed by atoms with E-state index < -0.39 is 0 Å². The molecule has 1 aliphatic carbocycles. The predicted molar refractivity (Wildman–Crippen MR) is 89.5 cm³/mol. The van der Waals surface area contributed by atoms with Gasteiger partial charge in [0.1, 0.15) is 0 Å². The molecule has 0 radical (unpaired) electrons. The molecule has 1 heterocycles. The number of thioether (sulfide) groups is 1. The Labute approximate surface area is 135 Å². The molecule has 5 heteroatoms. The molecular weight excluding hydrogens is 294 g/mol. The van der Waals surface area contributed by atoms with Crippen molar-refractivity contribution in [3.8, 4) is 5.69 Å². The minimum Gasteiger partial charge on any atom is -0.353 e. The maximum atomic E-state index is 11.8. The summed E-state index contributed by atoms with van der Waals surface area (Å²) < 4.78 is 2.03. The van der Waals surface area contributed by atoms with E-state index in [1.807, 2.05) is 10.8 Å². The molecule has 1 aromatic heterocycles. The van der Waals surface area contributed by atoms with Crippen LogP contribution in [0.2, 0.25) is 0 Å². The SMILES string of the molecule is CC(C)c1ccc(-n2ccnc2SCC(=O)NC2CC2)cc1. The molecule has 4 nitrogen and oxygen atoms in total. The van der Waals surface area contributed by atoms with Gasteiger partial charge in [-0.3, -0.25) is 9.36 Å². The zero-order valence-electron chi connectivity index (χ0n) is 13.0. The standard InChI is InChI=1S/C17H21N3OS/c1-12(2)13-3-7-15(8-4-13)20-10-9-18-17(20)22-11-16(21)19-14-5-6-14/h3-4,7-10,12,14H,5-6,11H2,1-2H3,(H,19,21). The molecule has 22 heavy (non-hydrogen) atoms. The largest absolute Gasteiger partial charge is 0.353 e. The summed E-state index contributed by atoms with van der Waals surface area (Å²) in [5.41, 5.74) is 2.40. The molecule has 116 valence electrons. The van der Waals surface area contributed by atoms with Gasteiger partial charge in [0.25, 0.3) is 0 Å². The van der Waals surface area contributed by atoms with Crippen LogP contribution in [0.15, 0.2) is 41.8 Å². The Morgan fingerprint density at radius 3 is 2.73 bits per heavy atom. The van der Waals surface area contributed by atoms with Crippen LogP contribution in [0.3, 0.4) is 0 Å². The van der Waals surface area contributed by atoms with Crippen LogP contribution >= 0.6 is 11.8 Å². The van der Waals surface area contributed by atoms with Crippen molar-refractivity contribution in [3.63, 3.8) is 0 Å². The van der Waals surface area contributed by atoms with Crippen LogP contribution in [-0.4, -0.2) is 27.3 Å². The summed E-state index contributed by atoms with van der Waals surface area (Å²) in [4.78, 5) is 16.1. The first-order chi connectivity index (χ1) is 10.6. The van der Waals surface area contributed by atoms with Gasteiger partial charge >= 0.3 is 0 Å². The number of nitrogens with one attached hydrogen (secondary N) is 1. The lowest BCUT2D eigenvalue weighted by molar-refractivity contribution is -0.118. The maximum Gasteiger partial charge on any atom is 0.230 e. The van der Waals surface area contributed by atoms with Gasteiger partial charge in [0.05, 0.1) is 5.75 Å². The van der Waals surface area contributed by atoms with Crippen molar-refractivity contribution < 1.29 is 4.79 Å². The molecule has 0 aliphatic heterocycles. The second-order valence-corrected chi connectivity index (χ2v) is 6.90. The summed E-state index contributed by atoms with van der Waals surface area (Å²) in [7, 11) is 0. The highest BCUT2D eigenvalue weighted by Crippen LogP contribution is 2.23. The molecule has 0 spiro atoms. The van der Waals surface area contributed by atoms with Crippen molar-refractivity contribution in [2.45, 2.75) is 43.8 Å². The molecule has 0 unspecified atom stereocenters. The van der Waals surface area contributed by atoms with Crippen LogP contribution < -0.4 is 5.32 Å². The van der Waals surface area contributed by atoms with Crippen LogP contribution in [-0.2, 0) is 4.79 Å². The van der Waals surface area contributed by atoms with Crippen LogP contribution in [0.1, 0.15) is 38.2 Å². The molecule has 1 saturated carbocycles. The number of rotatable bonds is 6. The molecule has 0 atom stereocenters. The normalized spacial score (nSPS) is 14.3. The average Bonchev–Trinajstić information content (AvgIpc) is 3.19. The van der Waals surface area contributed by atoms with E-state index in [0.29, 0.717) is 17.7 Å². The minimum absolute atomic E-state index is 0.0946. The second-order valence-electron chi connectivity index (χ2n) is 5.96. The van der Waals surface area contributed by atoms with E-state index in [4.69, 9.17) is 0 Å². The van der Waals surface area contributed by atoms with E-state index in [1.165, 1.54) is 17.3 Å². The van der Waals surface area contributed by atoms with Gasteiger partial charge in [-0.25, -0.2) is 4.98 Å². The Balaban J connectivity index is 1.66. The Bertz CT molecular complexity index is 644. The van der Waals surface area contributed by atoms with E-state index in [2.05, 4.69) is 48.4 Å². The van der Waals surface area contributed by atoms with Gasteiger partial charge in [0, 0.05) is 24.1 Å². The number of benzene rings is 1. The number of carbonyl (C=O) groups excluding carboxylic acids is 1. The van der Waals surface area contributed by atoms with Gasteiger partial charge in [-0.2, -0.15) is 0 Å². The highest BCUT2D eigenvalue weighted by atomic mass is 32.2. The van der Waals surface area contributed by atoms with E-state index in [0.717, 1.165) is 23.7 Å². The number of aromatic nitrogens is 2. The summed E-state index contributed by atoms with van der Waals surface area (Å²) in [6.45, 7) is 4.37. The number of amides is 1. The molecule has 1 aromatic carbocycles. The zero-order valence-corrected chi connectivity index (χ0v) is 13.8. The highest BCUT2D eigenvalue weighted by molar-refractivity contribution is 7.99. The fourth-order valence-electron chi connectivity index (χ4n) is 2.24. The third-order valence-electron chi connectivity index (χ3n) is 3.72. The van der Waals surface area contributed by atoms with Crippen molar-refractivity contribution in [1.29, 1.82) is 0 Å². The Morgan fingerprint density at radius 1 is 1.36 bits per heavy atom. The molecule has 2 aromatic rings. The lowest BCUT2D eigenvalue weighted by Gasteiger charge is -2.10. The summed E-state index contributed by atoms with van der Waals surface area (Å²) in [5, 5.41) is 3.85. The van der Waals surface area contributed by atoms with E-state index >= 15 is 0 Å². The van der Waals surface area contributed by atoms with Crippen LogP contribution in [0.5, 0.6) is 0 Å². The Kier molecular flexibility index (Phi) is 4.52. The van der Waals surface area contributed by atoms with Gasteiger partial charge in [-0.1, -0.05) is 37.7 Å². The molecule has 1 aliphatic rings. The zero-order chi connectivity index (χ0) is 15.5. The first-order valence-electron chi connectivity index (χ1n) is 7.69. The number of hydrogen-bond donors (Lipinski definition) is 1. The summed E-state index contributed by atoms with van der Waals surface area (Å²) in [6.07, 6.45) is 5.95. The lowest BCUT2D eigenvalue weighted by Crippen LogP contribution is -2.27. The van der Waals surface area contributed by atoms with E-state index in [9.17, 15) is 4.79 Å². The summed E-state index contributed by atoms with van der Waals surface area (Å²) in [5.74, 6) is 1.03. The minimum atomic E-state index is 0.0946. The summed E-state index contributed by atoms with van der Waals surface area (Å²) in [6, 6.07) is 8.91. The van der Waals surface area contributed by atoms with Crippen molar-refractivity contribution in [2.24, 2.45) is 0 Å². The third kappa shape index (κ3) is 3.71. The van der Waals surface area contributed by atoms with Crippen LogP contribution in [0, 0.1) is 0 Å². The van der Waals surface area contributed by atoms with Crippen LogP contribution in [0.25, 0.3) is 5.69 Å². The van der Waals surface area contributed by atoms with E-state index in [-0.39, 0.29) is 5.91 Å². The van der Waals surface area contributed by atoms with Gasteiger partial charge < -0.3 is 5.32 Å². The first-order valence-corrected chi connectivity index (χ1v) is 8.68. The summed E-state index contributed by atoms with van der Waals surface area (Å²) >= 11 is 1.48. The van der Waals surface area contributed by atoms with E-state index in [1.54, 1.807) is 6.20 Å². The number of hydrogen-bond acceptors (Lipinski definition) is 3. The fourth-order valence-corrected chi connectivity index (χ4v) is 3.02. The molecule has 1 N–H and O–H groups in total. The maximum absolute atomic E-state index is 11.8. The molecular formula is C17H21N3OS. The second kappa shape index (κ2) is 6.57. The number of carbonyl (C=O) groups is 1.